The maximum atomic E-state index is 12.9. The molecule has 3 N–H and O–H groups in total. The van der Waals surface area contributed by atoms with Gasteiger partial charge < -0.3 is 15.2 Å². The van der Waals surface area contributed by atoms with E-state index in [0.29, 0.717) is 22.5 Å². The van der Waals surface area contributed by atoms with Gasteiger partial charge in [-0.25, -0.2) is 9.79 Å². The molecule has 8 heteroatoms. The first-order valence-corrected chi connectivity index (χ1v) is 10.3. The molecule has 0 fully saturated rings. The summed E-state index contributed by atoms with van der Waals surface area (Å²) < 4.78 is 5.24. The van der Waals surface area contributed by atoms with Gasteiger partial charge in [0.1, 0.15) is 6.61 Å². The molecule has 1 aliphatic rings. The van der Waals surface area contributed by atoms with Crippen LogP contribution in [0.1, 0.15) is 22.3 Å². The van der Waals surface area contributed by atoms with Crippen molar-refractivity contribution >= 4 is 29.4 Å². The van der Waals surface area contributed by atoms with E-state index in [1.807, 2.05) is 60.7 Å². The first kappa shape index (κ1) is 21.8. The van der Waals surface area contributed by atoms with Crippen molar-refractivity contribution < 1.29 is 24.2 Å². The van der Waals surface area contributed by atoms with E-state index in [2.05, 4.69) is 15.6 Å². The van der Waals surface area contributed by atoms with Gasteiger partial charge in [0.15, 0.2) is 0 Å². The molecule has 0 spiro atoms. The summed E-state index contributed by atoms with van der Waals surface area (Å²) in [5.41, 5.74) is 3.60. The topological polar surface area (TPSA) is 117 Å². The summed E-state index contributed by atoms with van der Waals surface area (Å²) in [4.78, 5) is 40.9. The van der Waals surface area contributed by atoms with Crippen LogP contribution < -0.4 is 10.6 Å². The zero-order valence-corrected chi connectivity index (χ0v) is 17.5. The van der Waals surface area contributed by atoms with E-state index in [4.69, 9.17) is 9.84 Å². The third kappa shape index (κ3) is 5.43. The van der Waals surface area contributed by atoms with Crippen molar-refractivity contribution in [1.82, 2.24) is 5.32 Å². The number of hydrogen-bond acceptors (Lipinski definition) is 5. The summed E-state index contributed by atoms with van der Waals surface area (Å²) in [7, 11) is 0. The van der Waals surface area contributed by atoms with E-state index >= 15 is 0 Å². The first-order chi connectivity index (χ1) is 16.0. The van der Waals surface area contributed by atoms with Crippen LogP contribution in [-0.2, 0) is 27.4 Å². The number of alkyl carbamates (subject to hydrolysis) is 1. The summed E-state index contributed by atoms with van der Waals surface area (Å²) in [5.74, 6) is -1.54. The Hall–Kier alpha value is -4.46. The molecule has 0 aliphatic carbocycles. The Labute approximate surface area is 189 Å². The molecule has 0 bridgehead atoms. The van der Waals surface area contributed by atoms with Crippen LogP contribution >= 0.6 is 0 Å². The molecule has 0 radical (unpaired) electrons. The van der Waals surface area contributed by atoms with Crippen LogP contribution in [0, 0.1) is 0 Å². The van der Waals surface area contributed by atoms with Gasteiger partial charge in [-0.15, -0.1) is 0 Å². The molecule has 3 aromatic carbocycles. The van der Waals surface area contributed by atoms with Gasteiger partial charge in [0, 0.05) is 11.1 Å². The highest BCUT2D eigenvalue weighted by Gasteiger charge is 2.28. The molecule has 1 atom stereocenters. The van der Waals surface area contributed by atoms with E-state index in [-0.39, 0.29) is 13.0 Å². The van der Waals surface area contributed by atoms with Crippen LogP contribution in [0.4, 0.5) is 10.5 Å². The summed E-state index contributed by atoms with van der Waals surface area (Å²) in [5, 5.41) is 14.4. The Morgan fingerprint density at radius 2 is 1.67 bits per heavy atom. The molecule has 1 aliphatic heterocycles. The van der Waals surface area contributed by atoms with Gasteiger partial charge in [-0.3, -0.25) is 14.9 Å². The maximum Gasteiger partial charge on any atom is 0.409 e. The highest BCUT2D eigenvalue weighted by Crippen LogP contribution is 2.25. The predicted molar refractivity (Wildman–Crippen MR) is 122 cm³/mol. The second-order valence-electron chi connectivity index (χ2n) is 7.39. The van der Waals surface area contributed by atoms with Crippen molar-refractivity contribution in [3.63, 3.8) is 0 Å². The van der Waals surface area contributed by atoms with Gasteiger partial charge in [-0.05, 0) is 17.2 Å². The number of rotatable bonds is 6. The van der Waals surface area contributed by atoms with E-state index < -0.39 is 24.1 Å². The number of aliphatic imine (C=N–C) groups is 1. The van der Waals surface area contributed by atoms with Crippen molar-refractivity contribution in [3.05, 3.63) is 101 Å². The van der Waals surface area contributed by atoms with Gasteiger partial charge in [-0.1, -0.05) is 72.8 Å². The number of carbonyl (C=O) groups is 3. The number of anilines is 1. The van der Waals surface area contributed by atoms with Crippen LogP contribution in [-0.4, -0.2) is 35.0 Å². The SMILES string of the molecule is O=C(O)Cc1ccc2c(c1)NC(=O)[C@H](NC(=O)OCc1ccccc1)N=C2c1ccccc1. The van der Waals surface area contributed by atoms with Crippen LogP contribution in [0.5, 0.6) is 0 Å². The minimum absolute atomic E-state index is 0.0506. The van der Waals surface area contributed by atoms with E-state index in [1.54, 1.807) is 18.2 Å². The average molecular weight is 443 g/mol. The molecule has 0 saturated carbocycles. The van der Waals surface area contributed by atoms with Crippen LogP contribution in [0.3, 0.4) is 0 Å². The second-order valence-corrected chi connectivity index (χ2v) is 7.39. The fourth-order valence-electron chi connectivity index (χ4n) is 3.44. The third-order valence-corrected chi connectivity index (χ3v) is 4.97. The predicted octanol–water partition coefficient (Wildman–Crippen LogP) is 3.36. The van der Waals surface area contributed by atoms with Crippen molar-refractivity contribution in [2.45, 2.75) is 19.2 Å². The number of carboxylic acids is 1. The van der Waals surface area contributed by atoms with Gasteiger partial charge in [0.2, 0.25) is 6.17 Å². The monoisotopic (exact) mass is 443 g/mol. The summed E-state index contributed by atoms with van der Waals surface area (Å²) in [6.07, 6.45) is -2.21. The Bertz CT molecular complexity index is 1210. The number of hydrogen-bond donors (Lipinski definition) is 3. The molecule has 1 heterocycles. The standard InChI is InChI=1S/C25H21N3O5/c29-21(30)14-17-11-12-19-20(13-17)26-24(31)23(27-22(19)18-9-5-2-6-10-18)28-25(32)33-15-16-7-3-1-4-8-16/h1-13,23H,14-15H2,(H,26,31)(H,28,32)(H,29,30)/t23-/m0/s1. The first-order valence-electron chi connectivity index (χ1n) is 10.3. The minimum Gasteiger partial charge on any atom is -0.481 e. The van der Waals surface area contributed by atoms with Crippen molar-refractivity contribution in [2.75, 3.05) is 5.32 Å². The fraction of sp³-hybridized carbons (Fsp3) is 0.120. The number of aliphatic carboxylic acids is 1. The van der Waals surface area contributed by atoms with Crippen LogP contribution in [0.2, 0.25) is 0 Å². The zero-order valence-electron chi connectivity index (χ0n) is 17.5. The normalized spacial score (nSPS) is 14.8. The number of benzodiazepines with no additional fused rings is 1. The molecule has 2 amide bonds. The molecule has 0 aromatic heterocycles. The zero-order chi connectivity index (χ0) is 23.2. The highest BCUT2D eigenvalue weighted by molar-refractivity contribution is 6.19. The van der Waals surface area contributed by atoms with Gasteiger partial charge in [-0.2, -0.15) is 0 Å². The number of benzene rings is 3. The number of amides is 2. The van der Waals surface area contributed by atoms with Crippen LogP contribution in [0.15, 0.2) is 83.9 Å². The molecule has 0 unspecified atom stereocenters. The minimum atomic E-state index is -1.24. The van der Waals surface area contributed by atoms with Gasteiger partial charge in [0.05, 0.1) is 17.8 Å². The van der Waals surface area contributed by atoms with Crippen molar-refractivity contribution in [1.29, 1.82) is 0 Å². The third-order valence-electron chi connectivity index (χ3n) is 4.97. The average Bonchev–Trinajstić information content (AvgIpc) is 2.94. The number of ether oxygens (including phenoxy) is 1. The largest absolute Gasteiger partial charge is 0.481 e. The molecular weight excluding hydrogens is 422 g/mol. The number of carbonyl (C=O) groups excluding carboxylic acids is 2. The van der Waals surface area contributed by atoms with Crippen molar-refractivity contribution in [3.8, 4) is 0 Å². The lowest BCUT2D eigenvalue weighted by molar-refractivity contribution is -0.136. The molecule has 4 rings (SSSR count). The Morgan fingerprint density at radius 3 is 2.36 bits per heavy atom. The number of nitrogens with one attached hydrogen (secondary N) is 2. The molecule has 3 aromatic rings. The van der Waals surface area contributed by atoms with Gasteiger partial charge in [0.25, 0.3) is 5.91 Å². The van der Waals surface area contributed by atoms with Crippen molar-refractivity contribution in [2.24, 2.45) is 4.99 Å². The molecule has 8 nitrogen and oxygen atoms in total. The number of fused-ring (bicyclic) bond motifs is 1. The summed E-state index contributed by atoms with van der Waals surface area (Å²) in [6.45, 7) is 0.0506. The molecule has 33 heavy (non-hydrogen) atoms. The fourth-order valence-corrected chi connectivity index (χ4v) is 3.44. The van der Waals surface area contributed by atoms with Gasteiger partial charge >= 0.3 is 12.1 Å². The van der Waals surface area contributed by atoms with Crippen LogP contribution in [0.25, 0.3) is 0 Å². The molecule has 166 valence electrons. The van der Waals surface area contributed by atoms with E-state index in [1.165, 1.54) is 0 Å². The lowest BCUT2D eigenvalue weighted by Crippen LogP contribution is -2.42. The summed E-state index contributed by atoms with van der Waals surface area (Å²) in [6, 6.07) is 23.4. The maximum absolute atomic E-state index is 12.9. The Morgan fingerprint density at radius 1 is 0.970 bits per heavy atom. The van der Waals surface area contributed by atoms with E-state index in [0.717, 1.165) is 11.1 Å². The van der Waals surface area contributed by atoms with E-state index in [9.17, 15) is 14.4 Å². The smallest absolute Gasteiger partial charge is 0.409 e. The highest BCUT2D eigenvalue weighted by atomic mass is 16.5. The lowest BCUT2D eigenvalue weighted by atomic mass is 9.98. The quantitative estimate of drug-likeness (QED) is 0.540. The number of carboxylic acid groups (broad SMARTS) is 1. The second kappa shape index (κ2) is 9.78. The Kier molecular flexibility index (Phi) is 6.45. The Balaban J connectivity index is 1.61. The number of nitrogens with zero attached hydrogens (tertiary/aromatic N) is 1. The summed E-state index contributed by atoms with van der Waals surface area (Å²) >= 11 is 0. The lowest BCUT2D eigenvalue weighted by Gasteiger charge is -2.13. The molecular formula is C25H21N3O5. The molecule has 0 saturated heterocycles.